The molecule has 0 bridgehead atoms. The summed E-state index contributed by atoms with van der Waals surface area (Å²) in [6.07, 6.45) is 8.56. The summed E-state index contributed by atoms with van der Waals surface area (Å²) < 4.78 is 32.4. The number of aryl methyl sites for hydroxylation is 1. The van der Waals surface area contributed by atoms with Crippen LogP contribution in [-0.2, 0) is 23.3 Å². The van der Waals surface area contributed by atoms with Crippen molar-refractivity contribution in [2.75, 3.05) is 6.54 Å². The first kappa shape index (κ1) is 36.7. The van der Waals surface area contributed by atoms with Crippen LogP contribution in [0.4, 0.5) is 8.78 Å². The number of carbonyl (C=O) groups excluding carboxylic acids is 1. The highest BCUT2D eigenvalue weighted by Crippen LogP contribution is 2.41. The maximum absolute atomic E-state index is 14.4. The number of rotatable bonds is 14. The number of hydrogen-bond acceptors (Lipinski definition) is 4. The van der Waals surface area contributed by atoms with Gasteiger partial charge >= 0.3 is 0 Å². The maximum Gasteiger partial charge on any atom is 0.227 e. The van der Waals surface area contributed by atoms with Gasteiger partial charge in [-0.1, -0.05) is 127 Å². The van der Waals surface area contributed by atoms with Crippen molar-refractivity contribution in [3.63, 3.8) is 0 Å². The lowest BCUT2D eigenvalue weighted by Gasteiger charge is -2.37. The highest BCUT2D eigenvalue weighted by Gasteiger charge is 2.38. The summed E-state index contributed by atoms with van der Waals surface area (Å²) in [5.74, 6) is -2.56. The molecule has 1 atom stereocenters. The SMILES string of the molecule is NC(=NCCCc1cn(C(c2ccccc2)(c2ccccc2)c2ccccc2)cn1)NC(=O)CC(c1ccc(F)c(F)c1)c1nccn1Cc1ccccc1. The molecule has 7 aromatic rings. The fourth-order valence-corrected chi connectivity index (χ4v) is 7.17. The summed E-state index contributed by atoms with van der Waals surface area (Å²) in [4.78, 5) is 27.1. The zero-order chi connectivity index (χ0) is 38.0. The third-order valence-electron chi connectivity index (χ3n) is 9.73. The van der Waals surface area contributed by atoms with E-state index in [4.69, 9.17) is 10.7 Å². The van der Waals surface area contributed by atoms with Gasteiger partial charge in [-0.2, -0.15) is 0 Å². The Morgan fingerprint density at radius 1 is 0.782 bits per heavy atom. The van der Waals surface area contributed by atoms with Crippen LogP contribution in [0.2, 0.25) is 0 Å². The first-order valence-electron chi connectivity index (χ1n) is 18.2. The molecule has 0 aliphatic carbocycles. The molecule has 55 heavy (non-hydrogen) atoms. The van der Waals surface area contributed by atoms with Crippen LogP contribution in [0.5, 0.6) is 0 Å². The summed E-state index contributed by atoms with van der Waals surface area (Å²) in [7, 11) is 0. The molecule has 0 aliphatic rings. The number of aromatic nitrogens is 4. The van der Waals surface area contributed by atoms with Crippen LogP contribution in [-0.4, -0.2) is 37.5 Å². The number of nitrogens with one attached hydrogen (secondary N) is 1. The molecule has 276 valence electrons. The Bertz CT molecular complexity index is 2250. The van der Waals surface area contributed by atoms with E-state index in [1.807, 2.05) is 59.4 Å². The molecule has 1 amide bonds. The van der Waals surface area contributed by atoms with E-state index in [1.165, 1.54) is 6.07 Å². The van der Waals surface area contributed by atoms with E-state index in [1.54, 1.807) is 12.4 Å². The largest absolute Gasteiger partial charge is 0.370 e. The second kappa shape index (κ2) is 17.0. The Kier molecular flexibility index (Phi) is 11.3. The van der Waals surface area contributed by atoms with Crippen molar-refractivity contribution in [2.45, 2.75) is 37.3 Å². The van der Waals surface area contributed by atoms with E-state index in [-0.39, 0.29) is 12.4 Å². The van der Waals surface area contributed by atoms with Gasteiger partial charge in [-0.05, 0) is 52.8 Å². The van der Waals surface area contributed by atoms with Crippen molar-refractivity contribution in [2.24, 2.45) is 10.7 Å². The summed E-state index contributed by atoms with van der Waals surface area (Å²) >= 11 is 0. The molecular weight excluding hydrogens is 693 g/mol. The van der Waals surface area contributed by atoms with E-state index < -0.39 is 29.0 Å². The maximum atomic E-state index is 14.4. The molecule has 3 N–H and O–H groups in total. The molecule has 2 heterocycles. The molecule has 0 saturated heterocycles. The number of amides is 1. The Balaban J connectivity index is 1.04. The van der Waals surface area contributed by atoms with Crippen LogP contribution < -0.4 is 11.1 Å². The Morgan fingerprint density at radius 3 is 1.98 bits per heavy atom. The average Bonchev–Trinajstić information content (AvgIpc) is 3.89. The minimum absolute atomic E-state index is 0.0246. The fraction of sp³-hybridized carbons (Fsp3) is 0.156. The molecule has 1 unspecified atom stereocenters. The van der Waals surface area contributed by atoms with Crippen molar-refractivity contribution in [1.29, 1.82) is 0 Å². The van der Waals surface area contributed by atoms with Gasteiger partial charge in [0.05, 0.1) is 17.9 Å². The number of carbonyl (C=O) groups is 1. The van der Waals surface area contributed by atoms with Crippen molar-refractivity contribution in [1.82, 2.24) is 24.4 Å². The molecule has 0 fully saturated rings. The van der Waals surface area contributed by atoms with Crippen molar-refractivity contribution in [3.8, 4) is 0 Å². The van der Waals surface area contributed by atoms with Gasteiger partial charge in [0.2, 0.25) is 5.91 Å². The summed E-state index contributed by atoms with van der Waals surface area (Å²) in [6.45, 7) is 0.847. The number of guanidine groups is 1. The number of nitrogens with zero attached hydrogens (tertiary/aromatic N) is 5. The van der Waals surface area contributed by atoms with Crippen molar-refractivity contribution < 1.29 is 13.6 Å². The van der Waals surface area contributed by atoms with Crippen molar-refractivity contribution >= 4 is 11.9 Å². The zero-order valence-corrected chi connectivity index (χ0v) is 30.2. The van der Waals surface area contributed by atoms with E-state index in [0.29, 0.717) is 37.3 Å². The highest BCUT2D eigenvalue weighted by atomic mass is 19.2. The first-order chi connectivity index (χ1) is 26.9. The minimum Gasteiger partial charge on any atom is -0.370 e. The number of hydrogen-bond donors (Lipinski definition) is 2. The highest BCUT2D eigenvalue weighted by molar-refractivity contribution is 5.96. The monoisotopic (exact) mass is 733 g/mol. The molecule has 10 heteroatoms. The van der Waals surface area contributed by atoms with Gasteiger partial charge in [0.15, 0.2) is 17.6 Å². The van der Waals surface area contributed by atoms with Crippen LogP contribution in [0.25, 0.3) is 0 Å². The number of aliphatic imine (C=N–C) groups is 1. The molecular formula is C45H41F2N7O. The topological polar surface area (TPSA) is 103 Å². The smallest absolute Gasteiger partial charge is 0.227 e. The van der Waals surface area contributed by atoms with Gasteiger partial charge in [0.1, 0.15) is 11.4 Å². The molecule has 5 aromatic carbocycles. The molecule has 0 radical (unpaired) electrons. The predicted molar refractivity (Wildman–Crippen MR) is 210 cm³/mol. The third kappa shape index (κ3) is 8.28. The lowest BCUT2D eigenvalue weighted by Crippen LogP contribution is -2.38. The molecule has 2 aromatic heterocycles. The van der Waals surface area contributed by atoms with Gasteiger partial charge in [0.25, 0.3) is 0 Å². The zero-order valence-electron chi connectivity index (χ0n) is 30.2. The Hall–Kier alpha value is -6.68. The van der Waals surface area contributed by atoms with Crippen LogP contribution in [0, 0.1) is 11.6 Å². The normalized spacial score (nSPS) is 12.4. The molecule has 0 spiro atoms. The van der Waals surface area contributed by atoms with Gasteiger partial charge in [-0.3, -0.25) is 15.1 Å². The molecule has 0 aliphatic heterocycles. The van der Waals surface area contributed by atoms with Crippen LogP contribution >= 0.6 is 0 Å². The van der Waals surface area contributed by atoms with Gasteiger partial charge < -0.3 is 14.9 Å². The predicted octanol–water partition coefficient (Wildman–Crippen LogP) is 7.83. The Labute approximate surface area is 319 Å². The van der Waals surface area contributed by atoms with Gasteiger partial charge in [-0.15, -0.1) is 0 Å². The summed E-state index contributed by atoms with van der Waals surface area (Å²) in [5.41, 5.74) is 11.2. The van der Waals surface area contributed by atoms with E-state index >= 15 is 0 Å². The van der Waals surface area contributed by atoms with Crippen molar-refractivity contribution in [3.05, 3.63) is 215 Å². The van der Waals surface area contributed by atoms with Gasteiger partial charge in [0, 0.05) is 38.1 Å². The number of halogens is 2. The molecule has 8 nitrogen and oxygen atoms in total. The number of imidazole rings is 2. The molecule has 0 saturated carbocycles. The second-order valence-corrected chi connectivity index (χ2v) is 13.3. The van der Waals surface area contributed by atoms with Crippen LogP contribution in [0.15, 0.2) is 169 Å². The standard InChI is InChI=1S/C45H41F2N7O/c46-40-24-23-34(28-41(40)47)39(43-49-26-27-53(43)30-33-14-5-1-6-15-33)29-42(55)52-44(48)50-25-13-22-38-31-54(32-51-38)45(35-16-7-2-8-17-35,36-18-9-3-10-19-36)37-20-11-4-12-21-37/h1-12,14-21,23-24,26-28,31-32,39H,13,22,25,29-30H2,(H3,48,50,52,55). The Morgan fingerprint density at radius 2 is 1.38 bits per heavy atom. The average molecular weight is 734 g/mol. The molecule has 7 rings (SSSR count). The lowest BCUT2D eigenvalue weighted by atomic mass is 9.77. The second-order valence-electron chi connectivity index (χ2n) is 13.3. The van der Waals surface area contributed by atoms with Crippen LogP contribution in [0.3, 0.4) is 0 Å². The minimum atomic E-state index is -0.999. The van der Waals surface area contributed by atoms with Gasteiger partial charge in [-0.25, -0.2) is 18.7 Å². The number of benzene rings is 5. The van der Waals surface area contributed by atoms with E-state index in [9.17, 15) is 13.6 Å². The quantitative estimate of drug-likeness (QED) is 0.0515. The van der Waals surface area contributed by atoms with E-state index in [0.717, 1.165) is 40.1 Å². The first-order valence-corrected chi connectivity index (χ1v) is 18.2. The van der Waals surface area contributed by atoms with Crippen LogP contribution in [0.1, 0.15) is 58.1 Å². The summed E-state index contributed by atoms with van der Waals surface area (Å²) in [6, 6.07) is 44.7. The third-order valence-corrected chi connectivity index (χ3v) is 9.73. The number of nitrogens with two attached hydrogens (primary N) is 1. The summed E-state index contributed by atoms with van der Waals surface area (Å²) in [5, 5.41) is 2.68. The van der Waals surface area contributed by atoms with E-state index in [2.05, 4.69) is 98.9 Å². The lowest BCUT2D eigenvalue weighted by molar-refractivity contribution is -0.119. The fourth-order valence-electron chi connectivity index (χ4n) is 7.17.